The van der Waals surface area contributed by atoms with Crippen LogP contribution < -0.4 is 5.32 Å². The van der Waals surface area contributed by atoms with Gasteiger partial charge in [0.15, 0.2) is 0 Å². The maximum atomic E-state index is 4.35. The van der Waals surface area contributed by atoms with Crippen molar-refractivity contribution < 1.29 is 0 Å². The number of rotatable bonds is 5. The lowest BCUT2D eigenvalue weighted by Gasteiger charge is -2.18. The summed E-state index contributed by atoms with van der Waals surface area (Å²) < 4.78 is 1.94. The fourth-order valence-corrected chi connectivity index (χ4v) is 2.36. The molecule has 3 heteroatoms. The Morgan fingerprint density at radius 1 is 1.21 bits per heavy atom. The highest BCUT2D eigenvalue weighted by atomic mass is 15.3. The summed E-state index contributed by atoms with van der Waals surface area (Å²) in [7, 11) is 1.99. The second-order valence-corrected chi connectivity index (χ2v) is 5.11. The first-order chi connectivity index (χ1) is 9.11. The SMILES string of the molecule is CCNC(Cc1ccc(C)cc1)c1cnn(C)c1C. The largest absolute Gasteiger partial charge is 0.310 e. The van der Waals surface area contributed by atoms with E-state index in [1.165, 1.54) is 22.4 Å². The number of hydrogen-bond donors (Lipinski definition) is 1. The first kappa shape index (κ1) is 13.8. The van der Waals surface area contributed by atoms with Crippen molar-refractivity contribution in [3.05, 3.63) is 52.8 Å². The zero-order chi connectivity index (χ0) is 13.8. The molecule has 0 aliphatic carbocycles. The van der Waals surface area contributed by atoms with Crippen LogP contribution in [0.1, 0.15) is 35.3 Å². The summed E-state index contributed by atoms with van der Waals surface area (Å²) in [5, 5.41) is 7.91. The van der Waals surface area contributed by atoms with E-state index in [-0.39, 0.29) is 0 Å². The van der Waals surface area contributed by atoms with Gasteiger partial charge in [-0.15, -0.1) is 0 Å². The van der Waals surface area contributed by atoms with Crippen molar-refractivity contribution in [1.82, 2.24) is 15.1 Å². The lowest BCUT2D eigenvalue weighted by atomic mass is 9.99. The predicted molar refractivity (Wildman–Crippen MR) is 79.2 cm³/mol. The standard InChI is InChI=1S/C16H23N3/c1-5-17-16(15-11-18-19(4)13(15)3)10-14-8-6-12(2)7-9-14/h6-9,11,16-17H,5,10H2,1-4H3. The Morgan fingerprint density at radius 2 is 1.89 bits per heavy atom. The molecule has 1 atom stereocenters. The van der Waals surface area contributed by atoms with E-state index in [2.05, 4.69) is 55.5 Å². The van der Waals surface area contributed by atoms with Gasteiger partial charge >= 0.3 is 0 Å². The molecule has 0 radical (unpaired) electrons. The van der Waals surface area contributed by atoms with Crippen LogP contribution in [0.4, 0.5) is 0 Å². The molecular weight excluding hydrogens is 234 g/mol. The van der Waals surface area contributed by atoms with Gasteiger partial charge in [-0.1, -0.05) is 36.8 Å². The van der Waals surface area contributed by atoms with Gasteiger partial charge in [0.05, 0.1) is 6.20 Å². The third-order valence-corrected chi connectivity index (χ3v) is 3.66. The average molecular weight is 257 g/mol. The molecule has 102 valence electrons. The Labute approximate surface area is 115 Å². The van der Waals surface area contributed by atoms with Crippen LogP contribution in [0.25, 0.3) is 0 Å². The van der Waals surface area contributed by atoms with Gasteiger partial charge in [0.25, 0.3) is 0 Å². The Balaban J connectivity index is 2.21. The summed E-state index contributed by atoms with van der Waals surface area (Å²) in [6, 6.07) is 9.11. The highest BCUT2D eigenvalue weighted by Crippen LogP contribution is 2.21. The van der Waals surface area contributed by atoms with Crippen molar-refractivity contribution in [2.45, 2.75) is 33.2 Å². The molecule has 3 nitrogen and oxygen atoms in total. The maximum Gasteiger partial charge on any atom is 0.0540 e. The molecule has 0 aliphatic rings. The summed E-state index contributed by atoms with van der Waals surface area (Å²) in [6.45, 7) is 7.36. The highest BCUT2D eigenvalue weighted by Gasteiger charge is 2.16. The molecule has 1 aromatic carbocycles. The topological polar surface area (TPSA) is 29.9 Å². The van der Waals surface area contributed by atoms with Crippen LogP contribution in [-0.4, -0.2) is 16.3 Å². The summed E-state index contributed by atoms with van der Waals surface area (Å²) >= 11 is 0. The fraction of sp³-hybridized carbons (Fsp3) is 0.438. The molecule has 0 spiro atoms. The molecule has 19 heavy (non-hydrogen) atoms. The molecule has 0 amide bonds. The first-order valence-corrected chi connectivity index (χ1v) is 6.89. The van der Waals surface area contributed by atoms with E-state index in [1.54, 1.807) is 0 Å². The summed E-state index contributed by atoms with van der Waals surface area (Å²) in [5.41, 5.74) is 5.20. The molecule has 2 aromatic rings. The minimum atomic E-state index is 0.335. The van der Waals surface area contributed by atoms with E-state index in [0.29, 0.717) is 6.04 Å². The molecule has 0 aliphatic heterocycles. The predicted octanol–water partition coefficient (Wildman–Crippen LogP) is 2.93. The second kappa shape index (κ2) is 6.02. The minimum absolute atomic E-state index is 0.335. The zero-order valence-corrected chi connectivity index (χ0v) is 12.3. The summed E-state index contributed by atoms with van der Waals surface area (Å²) in [5.74, 6) is 0. The molecule has 0 saturated heterocycles. The van der Waals surface area contributed by atoms with Gasteiger partial charge in [0.1, 0.15) is 0 Å². The molecule has 0 saturated carbocycles. The van der Waals surface area contributed by atoms with Gasteiger partial charge in [0.2, 0.25) is 0 Å². The third kappa shape index (κ3) is 3.24. The molecular formula is C16H23N3. The van der Waals surface area contributed by atoms with Crippen molar-refractivity contribution in [2.75, 3.05) is 6.54 Å². The number of hydrogen-bond acceptors (Lipinski definition) is 2. The van der Waals surface area contributed by atoms with Crippen LogP contribution in [0.5, 0.6) is 0 Å². The molecule has 2 rings (SSSR count). The van der Waals surface area contributed by atoms with E-state index in [9.17, 15) is 0 Å². The number of likely N-dealkylation sites (N-methyl/N-ethyl adjacent to an activating group) is 1. The van der Waals surface area contributed by atoms with E-state index in [4.69, 9.17) is 0 Å². The van der Waals surface area contributed by atoms with Crippen molar-refractivity contribution in [2.24, 2.45) is 7.05 Å². The molecule has 1 heterocycles. The van der Waals surface area contributed by atoms with Crippen LogP contribution in [0.15, 0.2) is 30.5 Å². The Hall–Kier alpha value is -1.61. The van der Waals surface area contributed by atoms with Crippen molar-refractivity contribution in [3.63, 3.8) is 0 Å². The Morgan fingerprint density at radius 3 is 2.42 bits per heavy atom. The van der Waals surface area contributed by atoms with Crippen LogP contribution in [-0.2, 0) is 13.5 Å². The average Bonchev–Trinajstić information content (AvgIpc) is 2.72. The first-order valence-electron chi connectivity index (χ1n) is 6.89. The fourth-order valence-electron chi connectivity index (χ4n) is 2.36. The van der Waals surface area contributed by atoms with Crippen LogP contribution in [0.2, 0.25) is 0 Å². The van der Waals surface area contributed by atoms with Gasteiger partial charge in [-0.25, -0.2) is 0 Å². The number of aryl methyl sites for hydroxylation is 2. The summed E-state index contributed by atoms with van der Waals surface area (Å²) in [4.78, 5) is 0. The molecule has 1 aromatic heterocycles. The minimum Gasteiger partial charge on any atom is -0.310 e. The Kier molecular flexibility index (Phi) is 4.38. The third-order valence-electron chi connectivity index (χ3n) is 3.66. The number of aromatic nitrogens is 2. The normalized spacial score (nSPS) is 12.6. The zero-order valence-electron chi connectivity index (χ0n) is 12.3. The molecule has 1 unspecified atom stereocenters. The smallest absolute Gasteiger partial charge is 0.0540 e. The number of benzene rings is 1. The maximum absolute atomic E-state index is 4.35. The van der Waals surface area contributed by atoms with E-state index >= 15 is 0 Å². The quantitative estimate of drug-likeness (QED) is 0.892. The van der Waals surface area contributed by atoms with Gasteiger partial charge in [0, 0.05) is 24.3 Å². The van der Waals surface area contributed by atoms with E-state index < -0.39 is 0 Å². The van der Waals surface area contributed by atoms with Gasteiger partial charge in [-0.3, -0.25) is 4.68 Å². The Bertz CT molecular complexity index is 525. The van der Waals surface area contributed by atoms with Gasteiger partial charge < -0.3 is 5.32 Å². The van der Waals surface area contributed by atoms with Crippen molar-refractivity contribution in [3.8, 4) is 0 Å². The van der Waals surface area contributed by atoms with Crippen molar-refractivity contribution in [1.29, 1.82) is 0 Å². The van der Waals surface area contributed by atoms with Crippen LogP contribution >= 0.6 is 0 Å². The lowest BCUT2D eigenvalue weighted by Crippen LogP contribution is -2.23. The van der Waals surface area contributed by atoms with Crippen LogP contribution in [0.3, 0.4) is 0 Å². The molecule has 1 N–H and O–H groups in total. The van der Waals surface area contributed by atoms with Crippen LogP contribution in [0, 0.1) is 13.8 Å². The van der Waals surface area contributed by atoms with Crippen molar-refractivity contribution >= 4 is 0 Å². The van der Waals surface area contributed by atoms with Gasteiger partial charge in [-0.2, -0.15) is 5.10 Å². The molecule has 0 bridgehead atoms. The number of nitrogens with zero attached hydrogens (tertiary/aromatic N) is 2. The van der Waals surface area contributed by atoms with E-state index in [0.717, 1.165) is 13.0 Å². The highest BCUT2D eigenvalue weighted by molar-refractivity contribution is 5.26. The molecule has 0 fully saturated rings. The van der Waals surface area contributed by atoms with Gasteiger partial charge in [-0.05, 0) is 32.4 Å². The second-order valence-electron chi connectivity index (χ2n) is 5.11. The number of nitrogens with one attached hydrogen (secondary N) is 1. The monoisotopic (exact) mass is 257 g/mol. The summed E-state index contributed by atoms with van der Waals surface area (Å²) in [6.07, 6.45) is 2.98. The lowest BCUT2D eigenvalue weighted by molar-refractivity contribution is 0.546. The van der Waals surface area contributed by atoms with E-state index in [1.807, 2.05) is 17.9 Å².